The highest BCUT2D eigenvalue weighted by molar-refractivity contribution is 7.15. The minimum absolute atomic E-state index is 0.117. The predicted octanol–water partition coefficient (Wildman–Crippen LogP) is 3.51. The molecule has 0 bridgehead atoms. The van der Waals surface area contributed by atoms with Crippen LogP contribution in [0.5, 0.6) is 0 Å². The molecule has 33 heavy (non-hydrogen) atoms. The Morgan fingerprint density at radius 3 is 2.76 bits per heavy atom. The molecule has 0 saturated heterocycles. The second-order valence-electron chi connectivity index (χ2n) is 8.77. The van der Waals surface area contributed by atoms with Crippen LogP contribution in [0.2, 0.25) is 0 Å². The maximum Gasteiger partial charge on any atom is 0.410 e. The summed E-state index contributed by atoms with van der Waals surface area (Å²) < 4.78 is 5.46. The van der Waals surface area contributed by atoms with Gasteiger partial charge >= 0.3 is 6.09 Å². The number of aryl methyl sites for hydroxylation is 1. The van der Waals surface area contributed by atoms with E-state index in [-0.39, 0.29) is 12.0 Å². The van der Waals surface area contributed by atoms with Crippen LogP contribution in [0.25, 0.3) is 11.4 Å². The molecule has 1 aromatic carbocycles. The fourth-order valence-corrected chi connectivity index (χ4v) is 4.37. The van der Waals surface area contributed by atoms with Crippen molar-refractivity contribution in [3.05, 3.63) is 40.9 Å². The number of nitrogens with one attached hydrogen (secondary N) is 1. The first-order valence-electron chi connectivity index (χ1n) is 10.9. The van der Waals surface area contributed by atoms with E-state index in [9.17, 15) is 9.59 Å². The van der Waals surface area contributed by atoms with E-state index in [1.54, 1.807) is 4.90 Å². The molecular weight excluding hydrogens is 442 g/mol. The Kier molecular flexibility index (Phi) is 6.68. The molecule has 3 aromatic rings. The Morgan fingerprint density at radius 1 is 1.21 bits per heavy atom. The zero-order valence-corrected chi connectivity index (χ0v) is 19.8. The van der Waals surface area contributed by atoms with Crippen LogP contribution in [0, 0.1) is 0 Å². The van der Waals surface area contributed by atoms with E-state index in [4.69, 9.17) is 4.74 Å². The van der Waals surface area contributed by atoms with E-state index in [1.165, 1.54) is 16.1 Å². The van der Waals surface area contributed by atoms with Crippen LogP contribution in [0.15, 0.2) is 30.3 Å². The summed E-state index contributed by atoms with van der Waals surface area (Å²) in [6.07, 6.45) is 1.21. The molecule has 1 aliphatic rings. The summed E-state index contributed by atoms with van der Waals surface area (Å²) in [7, 11) is 0. The molecule has 2 aromatic heterocycles. The average molecular weight is 470 g/mol. The Labute approximate surface area is 196 Å². The lowest BCUT2D eigenvalue weighted by Crippen LogP contribution is -2.39. The van der Waals surface area contributed by atoms with E-state index in [2.05, 4.69) is 25.7 Å². The van der Waals surface area contributed by atoms with E-state index >= 15 is 0 Å². The molecule has 0 spiro atoms. The number of amides is 2. The number of benzene rings is 1. The molecule has 0 unspecified atom stereocenters. The third-order valence-corrected chi connectivity index (χ3v) is 5.87. The molecule has 0 saturated carbocycles. The van der Waals surface area contributed by atoms with Crippen molar-refractivity contribution in [3.63, 3.8) is 0 Å². The standard InChI is InChI=1S/C22H27N7O3S/c1-22(2,3)32-21(31)28-13-11-16-17(14-28)33-20(23-16)24-18(30)10-7-12-29-26-19(25-27-29)15-8-5-4-6-9-15/h4-6,8-9H,7,10-14H2,1-3H3,(H,23,24,30). The van der Waals surface area contributed by atoms with Gasteiger partial charge < -0.3 is 15.0 Å². The van der Waals surface area contributed by atoms with E-state index < -0.39 is 5.60 Å². The molecule has 11 heteroatoms. The molecule has 0 atom stereocenters. The van der Waals surface area contributed by atoms with Gasteiger partial charge in [0.15, 0.2) is 5.13 Å². The van der Waals surface area contributed by atoms with Crippen molar-refractivity contribution in [2.75, 3.05) is 11.9 Å². The zero-order chi connectivity index (χ0) is 23.4. The van der Waals surface area contributed by atoms with Gasteiger partial charge in [-0.25, -0.2) is 9.78 Å². The van der Waals surface area contributed by atoms with Crippen LogP contribution in [0.1, 0.15) is 44.2 Å². The quantitative estimate of drug-likeness (QED) is 0.587. The third-order valence-electron chi connectivity index (χ3n) is 4.88. The fourth-order valence-electron chi connectivity index (χ4n) is 3.33. The van der Waals surface area contributed by atoms with Crippen molar-refractivity contribution < 1.29 is 14.3 Å². The second-order valence-corrected chi connectivity index (χ2v) is 9.85. The monoisotopic (exact) mass is 469 g/mol. The molecule has 10 nitrogen and oxygen atoms in total. The Balaban J connectivity index is 1.25. The number of aromatic nitrogens is 5. The molecule has 2 amide bonds. The molecule has 4 rings (SSSR count). The summed E-state index contributed by atoms with van der Waals surface area (Å²) in [5.74, 6) is 0.447. The van der Waals surface area contributed by atoms with Crippen LogP contribution in [-0.2, 0) is 29.0 Å². The number of ether oxygens (including phenoxy) is 1. The number of anilines is 1. The molecule has 0 aliphatic carbocycles. The van der Waals surface area contributed by atoms with Crippen LogP contribution in [0.3, 0.4) is 0 Å². The second kappa shape index (κ2) is 9.65. The topological polar surface area (TPSA) is 115 Å². The van der Waals surface area contributed by atoms with Gasteiger partial charge in [0, 0.05) is 29.8 Å². The van der Waals surface area contributed by atoms with Crippen molar-refractivity contribution in [1.29, 1.82) is 0 Å². The summed E-state index contributed by atoms with van der Waals surface area (Å²) in [6.45, 7) is 7.03. The molecular formula is C22H27N7O3S. The SMILES string of the molecule is CC(C)(C)OC(=O)N1CCc2nc(NC(=O)CCCn3nnc(-c4ccccc4)n3)sc2C1. The Hall–Kier alpha value is -3.34. The third kappa shape index (κ3) is 6.13. The van der Waals surface area contributed by atoms with Gasteiger partial charge in [-0.2, -0.15) is 4.80 Å². The normalized spacial score (nSPS) is 13.5. The van der Waals surface area contributed by atoms with Crippen molar-refractivity contribution in [1.82, 2.24) is 30.1 Å². The van der Waals surface area contributed by atoms with Gasteiger partial charge in [-0.3, -0.25) is 4.79 Å². The number of hydrogen-bond acceptors (Lipinski definition) is 8. The lowest BCUT2D eigenvalue weighted by molar-refractivity contribution is -0.116. The number of rotatable bonds is 6. The lowest BCUT2D eigenvalue weighted by Gasteiger charge is -2.29. The summed E-state index contributed by atoms with van der Waals surface area (Å²) in [6, 6.07) is 9.63. The van der Waals surface area contributed by atoms with Gasteiger partial charge in [0.1, 0.15) is 5.60 Å². The molecule has 1 aliphatic heterocycles. The van der Waals surface area contributed by atoms with E-state index in [0.29, 0.717) is 49.9 Å². The van der Waals surface area contributed by atoms with Gasteiger partial charge in [0.25, 0.3) is 0 Å². The Morgan fingerprint density at radius 2 is 2.00 bits per heavy atom. The number of carbonyl (C=O) groups excluding carboxylic acids is 2. The van der Waals surface area contributed by atoms with Crippen LogP contribution in [0.4, 0.5) is 9.93 Å². The van der Waals surface area contributed by atoms with Gasteiger partial charge in [-0.1, -0.05) is 41.7 Å². The number of carbonyl (C=O) groups is 2. The zero-order valence-electron chi connectivity index (χ0n) is 18.9. The summed E-state index contributed by atoms with van der Waals surface area (Å²) in [4.78, 5) is 33.4. The molecule has 174 valence electrons. The van der Waals surface area contributed by atoms with Crippen molar-refractivity contribution in [3.8, 4) is 11.4 Å². The lowest BCUT2D eigenvalue weighted by atomic mass is 10.2. The predicted molar refractivity (Wildman–Crippen MR) is 124 cm³/mol. The highest BCUT2D eigenvalue weighted by Gasteiger charge is 2.28. The molecule has 1 N–H and O–H groups in total. The maximum absolute atomic E-state index is 12.4. The largest absolute Gasteiger partial charge is 0.444 e. The van der Waals surface area contributed by atoms with Crippen molar-refractivity contribution in [2.45, 2.75) is 58.7 Å². The van der Waals surface area contributed by atoms with Crippen LogP contribution >= 0.6 is 11.3 Å². The smallest absolute Gasteiger partial charge is 0.410 e. The van der Waals surface area contributed by atoms with Gasteiger partial charge in [-0.05, 0) is 32.4 Å². The summed E-state index contributed by atoms with van der Waals surface area (Å²) in [5, 5.41) is 15.9. The first kappa shape index (κ1) is 22.8. The van der Waals surface area contributed by atoms with Gasteiger partial charge in [-0.15, -0.1) is 10.2 Å². The first-order valence-corrected chi connectivity index (χ1v) is 11.7. The summed E-state index contributed by atoms with van der Waals surface area (Å²) >= 11 is 1.40. The van der Waals surface area contributed by atoms with Gasteiger partial charge in [0.05, 0.1) is 18.8 Å². The number of thiazole rings is 1. The van der Waals surface area contributed by atoms with Crippen LogP contribution < -0.4 is 5.32 Å². The molecule has 0 radical (unpaired) electrons. The summed E-state index contributed by atoms with van der Waals surface area (Å²) in [5.41, 5.74) is 1.30. The molecule has 0 fully saturated rings. The molecule has 3 heterocycles. The van der Waals surface area contributed by atoms with E-state index in [1.807, 2.05) is 51.1 Å². The van der Waals surface area contributed by atoms with E-state index in [0.717, 1.165) is 16.1 Å². The number of tetrazole rings is 1. The van der Waals surface area contributed by atoms with Crippen molar-refractivity contribution in [2.24, 2.45) is 0 Å². The van der Waals surface area contributed by atoms with Gasteiger partial charge in [0.2, 0.25) is 11.7 Å². The minimum Gasteiger partial charge on any atom is -0.444 e. The first-order chi connectivity index (χ1) is 15.8. The number of nitrogens with zero attached hydrogens (tertiary/aromatic N) is 6. The Bertz CT molecular complexity index is 1120. The maximum atomic E-state index is 12.4. The number of fused-ring (bicyclic) bond motifs is 1. The van der Waals surface area contributed by atoms with Crippen molar-refractivity contribution >= 4 is 28.5 Å². The highest BCUT2D eigenvalue weighted by Crippen LogP contribution is 2.29. The fraction of sp³-hybridized carbons (Fsp3) is 0.455. The van der Waals surface area contributed by atoms with Crippen LogP contribution in [-0.4, -0.2) is 54.2 Å². The number of hydrogen-bond donors (Lipinski definition) is 1. The highest BCUT2D eigenvalue weighted by atomic mass is 32.1. The minimum atomic E-state index is -0.533. The average Bonchev–Trinajstić information content (AvgIpc) is 3.39.